The van der Waals surface area contributed by atoms with Gasteiger partial charge in [0.15, 0.2) is 5.82 Å². The van der Waals surface area contributed by atoms with Gasteiger partial charge in [0.05, 0.1) is 17.5 Å². The highest BCUT2D eigenvalue weighted by Crippen LogP contribution is 2.20. The molecule has 3 rings (SSSR count). The van der Waals surface area contributed by atoms with Crippen LogP contribution in [-0.2, 0) is 6.54 Å². The minimum Gasteiger partial charge on any atom is -0.330 e. The summed E-state index contributed by atoms with van der Waals surface area (Å²) >= 11 is 3.34. The zero-order chi connectivity index (χ0) is 19.4. The van der Waals surface area contributed by atoms with Crippen molar-refractivity contribution in [2.45, 2.75) is 13.5 Å². The summed E-state index contributed by atoms with van der Waals surface area (Å²) in [5.74, 6) is 0.0253. The molecule has 0 spiro atoms. The van der Waals surface area contributed by atoms with E-state index < -0.39 is 0 Å². The number of aromatic nitrogens is 3. The molecule has 3 aromatic rings. The predicted octanol–water partition coefficient (Wildman–Crippen LogP) is 4.31. The summed E-state index contributed by atoms with van der Waals surface area (Å²) in [6, 6.07) is 10.1. The fraction of sp³-hybridized carbons (Fsp3) is 0.150. The van der Waals surface area contributed by atoms with Gasteiger partial charge in [0.1, 0.15) is 5.82 Å². The summed E-state index contributed by atoms with van der Waals surface area (Å²) in [6.07, 6.45) is 4.80. The van der Waals surface area contributed by atoms with Crippen LogP contribution in [-0.4, -0.2) is 32.1 Å². The average Bonchev–Trinajstić information content (AvgIpc) is 3.06. The van der Waals surface area contributed by atoms with Crippen LogP contribution in [0.2, 0.25) is 0 Å². The van der Waals surface area contributed by atoms with Gasteiger partial charge in [-0.15, -0.1) is 6.58 Å². The van der Waals surface area contributed by atoms with Crippen molar-refractivity contribution >= 4 is 21.8 Å². The maximum Gasteiger partial charge on any atom is 0.257 e. The zero-order valence-electron chi connectivity index (χ0n) is 14.8. The lowest BCUT2D eigenvalue weighted by molar-refractivity contribution is 0.0760. The van der Waals surface area contributed by atoms with Crippen molar-refractivity contribution in [2.24, 2.45) is 0 Å². The van der Waals surface area contributed by atoms with Crippen LogP contribution in [0.15, 0.2) is 65.9 Å². The highest BCUT2D eigenvalue weighted by molar-refractivity contribution is 9.10. The molecule has 5 nitrogen and oxygen atoms in total. The zero-order valence-corrected chi connectivity index (χ0v) is 16.4. The first-order valence-electron chi connectivity index (χ1n) is 8.31. The second kappa shape index (κ2) is 8.26. The Balaban J connectivity index is 1.91. The van der Waals surface area contributed by atoms with Crippen molar-refractivity contribution in [3.05, 3.63) is 88.6 Å². The molecule has 27 heavy (non-hydrogen) atoms. The molecule has 1 amide bonds. The van der Waals surface area contributed by atoms with Crippen LogP contribution < -0.4 is 0 Å². The SMILES string of the molecule is C=CCN(Cc1cc(Br)ccc1F)C(=O)c1cnn(-c2ccccn2)c1C. The van der Waals surface area contributed by atoms with Gasteiger partial charge in [0.25, 0.3) is 5.91 Å². The third-order valence-corrected chi connectivity index (χ3v) is 4.61. The molecule has 2 heterocycles. The number of hydrogen-bond acceptors (Lipinski definition) is 3. The van der Waals surface area contributed by atoms with Crippen LogP contribution in [0.4, 0.5) is 4.39 Å². The molecule has 0 aliphatic heterocycles. The molecule has 0 unspecified atom stereocenters. The number of nitrogens with zero attached hydrogens (tertiary/aromatic N) is 4. The Labute approximate surface area is 165 Å². The first kappa shape index (κ1) is 19.0. The van der Waals surface area contributed by atoms with Gasteiger partial charge in [0, 0.05) is 29.3 Å². The van der Waals surface area contributed by atoms with E-state index in [1.54, 1.807) is 36.0 Å². The van der Waals surface area contributed by atoms with Crippen LogP contribution in [0, 0.1) is 12.7 Å². The molecule has 1 aromatic carbocycles. The highest BCUT2D eigenvalue weighted by Gasteiger charge is 2.22. The van der Waals surface area contributed by atoms with Gasteiger partial charge in [-0.3, -0.25) is 4.79 Å². The molecule has 0 N–H and O–H groups in total. The van der Waals surface area contributed by atoms with Gasteiger partial charge in [-0.2, -0.15) is 5.10 Å². The monoisotopic (exact) mass is 428 g/mol. The Hall–Kier alpha value is -2.80. The third-order valence-electron chi connectivity index (χ3n) is 4.11. The van der Waals surface area contributed by atoms with Crippen molar-refractivity contribution in [3.63, 3.8) is 0 Å². The summed E-state index contributed by atoms with van der Waals surface area (Å²) in [7, 11) is 0. The normalized spacial score (nSPS) is 10.6. The topological polar surface area (TPSA) is 51.0 Å². The lowest BCUT2D eigenvalue weighted by Gasteiger charge is -2.21. The number of pyridine rings is 1. The van der Waals surface area contributed by atoms with E-state index in [2.05, 4.69) is 32.6 Å². The number of rotatable bonds is 6. The van der Waals surface area contributed by atoms with E-state index in [4.69, 9.17) is 0 Å². The molecular weight excluding hydrogens is 411 g/mol. The molecule has 0 saturated heterocycles. The molecule has 0 bridgehead atoms. The smallest absolute Gasteiger partial charge is 0.257 e. The number of carbonyl (C=O) groups is 1. The molecule has 0 radical (unpaired) electrons. The first-order valence-corrected chi connectivity index (χ1v) is 9.10. The van der Waals surface area contributed by atoms with Crippen LogP contribution in [0.25, 0.3) is 5.82 Å². The van der Waals surface area contributed by atoms with Crippen LogP contribution in [0.1, 0.15) is 21.6 Å². The minimum absolute atomic E-state index is 0.129. The summed E-state index contributed by atoms with van der Waals surface area (Å²) in [6.45, 7) is 5.93. The number of amides is 1. The molecule has 138 valence electrons. The fourth-order valence-corrected chi connectivity index (χ4v) is 3.15. The fourth-order valence-electron chi connectivity index (χ4n) is 2.75. The van der Waals surface area contributed by atoms with E-state index >= 15 is 0 Å². The highest BCUT2D eigenvalue weighted by atomic mass is 79.9. The summed E-state index contributed by atoms with van der Waals surface area (Å²) < 4.78 is 16.5. The maximum atomic E-state index is 14.1. The van der Waals surface area contributed by atoms with Crippen molar-refractivity contribution in [3.8, 4) is 5.82 Å². The Morgan fingerprint density at radius 2 is 2.19 bits per heavy atom. The van der Waals surface area contributed by atoms with E-state index in [0.717, 1.165) is 4.47 Å². The number of benzene rings is 1. The van der Waals surface area contributed by atoms with Gasteiger partial charge >= 0.3 is 0 Å². The molecule has 0 fully saturated rings. The summed E-state index contributed by atoms with van der Waals surface area (Å²) in [4.78, 5) is 18.9. The van der Waals surface area contributed by atoms with E-state index in [1.165, 1.54) is 17.2 Å². The molecule has 7 heteroatoms. The molecular formula is C20H18BrFN4O. The lowest BCUT2D eigenvalue weighted by Crippen LogP contribution is -2.31. The number of halogens is 2. The Morgan fingerprint density at radius 3 is 2.89 bits per heavy atom. The Bertz CT molecular complexity index is 971. The van der Waals surface area contributed by atoms with Gasteiger partial charge in [0.2, 0.25) is 0 Å². The maximum absolute atomic E-state index is 14.1. The minimum atomic E-state index is -0.360. The largest absolute Gasteiger partial charge is 0.330 e. The van der Waals surface area contributed by atoms with Crippen LogP contribution >= 0.6 is 15.9 Å². The predicted molar refractivity (Wildman–Crippen MR) is 105 cm³/mol. The average molecular weight is 429 g/mol. The quantitative estimate of drug-likeness (QED) is 0.549. The van der Waals surface area contributed by atoms with Crippen LogP contribution in [0.5, 0.6) is 0 Å². The molecule has 0 saturated carbocycles. The standard InChI is InChI=1S/C20H18BrFN4O/c1-3-10-25(13-15-11-16(21)7-8-18(15)22)20(27)17-12-24-26(14(17)2)19-6-4-5-9-23-19/h3-9,11-12H,1,10,13H2,2H3. The van der Waals surface area contributed by atoms with Gasteiger partial charge < -0.3 is 4.90 Å². The molecule has 0 aliphatic carbocycles. The van der Waals surface area contributed by atoms with E-state index in [1.807, 2.05) is 18.2 Å². The molecule has 0 aliphatic rings. The molecule has 2 aromatic heterocycles. The lowest BCUT2D eigenvalue weighted by atomic mass is 10.1. The van der Waals surface area contributed by atoms with Crippen molar-refractivity contribution < 1.29 is 9.18 Å². The summed E-state index contributed by atoms with van der Waals surface area (Å²) in [5, 5.41) is 4.29. The summed E-state index contributed by atoms with van der Waals surface area (Å²) in [5.41, 5.74) is 1.54. The van der Waals surface area contributed by atoms with Crippen molar-refractivity contribution in [1.29, 1.82) is 0 Å². The van der Waals surface area contributed by atoms with Gasteiger partial charge in [-0.25, -0.2) is 14.1 Å². The Morgan fingerprint density at radius 1 is 1.37 bits per heavy atom. The van der Waals surface area contributed by atoms with E-state index in [9.17, 15) is 9.18 Å². The van der Waals surface area contributed by atoms with Crippen molar-refractivity contribution in [1.82, 2.24) is 19.7 Å². The van der Waals surface area contributed by atoms with E-state index in [-0.39, 0.29) is 18.3 Å². The molecule has 0 atom stereocenters. The third kappa shape index (κ3) is 4.14. The first-order chi connectivity index (χ1) is 13.0. The van der Waals surface area contributed by atoms with Gasteiger partial charge in [-0.1, -0.05) is 28.1 Å². The second-order valence-corrected chi connectivity index (χ2v) is 6.87. The number of hydrogen-bond donors (Lipinski definition) is 0. The van der Waals surface area contributed by atoms with Crippen LogP contribution in [0.3, 0.4) is 0 Å². The van der Waals surface area contributed by atoms with Crippen molar-refractivity contribution in [2.75, 3.05) is 6.54 Å². The van der Waals surface area contributed by atoms with E-state index in [0.29, 0.717) is 29.2 Å². The van der Waals surface area contributed by atoms with Gasteiger partial charge in [-0.05, 0) is 37.3 Å². The number of carbonyl (C=O) groups excluding carboxylic acids is 1. The second-order valence-electron chi connectivity index (χ2n) is 5.95. The Kier molecular flexibility index (Phi) is 5.81.